The van der Waals surface area contributed by atoms with E-state index >= 15 is 0 Å². The molecule has 1 aromatic carbocycles. The number of carbonyl (C=O) groups is 3. The van der Waals surface area contributed by atoms with E-state index in [0.29, 0.717) is 6.54 Å². The van der Waals surface area contributed by atoms with Gasteiger partial charge >= 0.3 is 5.97 Å². The number of amides is 2. The number of hydrogen-bond acceptors (Lipinski definition) is 5. The zero-order chi connectivity index (χ0) is 21.4. The quantitative estimate of drug-likeness (QED) is 0.623. The van der Waals surface area contributed by atoms with Gasteiger partial charge in [-0.15, -0.1) is 0 Å². The second-order valence-corrected chi connectivity index (χ2v) is 6.81. The van der Waals surface area contributed by atoms with Gasteiger partial charge in [-0.25, -0.2) is 4.68 Å². The molecule has 0 unspecified atom stereocenters. The molecule has 1 atom stereocenters. The van der Waals surface area contributed by atoms with Crippen molar-refractivity contribution in [2.75, 3.05) is 13.2 Å². The lowest BCUT2D eigenvalue weighted by Gasteiger charge is -2.13. The van der Waals surface area contributed by atoms with Crippen LogP contribution >= 0.6 is 0 Å². The van der Waals surface area contributed by atoms with Crippen molar-refractivity contribution in [1.29, 1.82) is 0 Å². The highest BCUT2D eigenvalue weighted by atomic mass is 16.5. The highest BCUT2D eigenvalue weighted by Gasteiger charge is 2.19. The minimum Gasteiger partial charge on any atom is -0.455 e. The molecule has 0 bridgehead atoms. The van der Waals surface area contributed by atoms with Gasteiger partial charge in [-0.3, -0.25) is 14.4 Å². The number of rotatable bonds is 9. The van der Waals surface area contributed by atoms with Crippen molar-refractivity contribution in [3.8, 4) is 5.69 Å². The van der Waals surface area contributed by atoms with Gasteiger partial charge < -0.3 is 15.4 Å². The number of hydrogen-bond donors (Lipinski definition) is 2. The van der Waals surface area contributed by atoms with Gasteiger partial charge in [-0.2, -0.15) is 5.10 Å². The van der Waals surface area contributed by atoms with Gasteiger partial charge in [0.1, 0.15) is 6.04 Å². The summed E-state index contributed by atoms with van der Waals surface area (Å²) in [6.07, 6.45) is 0.827. The minimum absolute atomic E-state index is 0.0182. The number of esters is 1. The molecule has 0 aliphatic heterocycles. The first-order chi connectivity index (χ1) is 13.8. The van der Waals surface area contributed by atoms with Crippen LogP contribution < -0.4 is 10.6 Å². The summed E-state index contributed by atoms with van der Waals surface area (Å²) in [6.45, 7) is 7.35. The monoisotopic (exact) mass is 400 g/mol. The molecule has 29 heavy (non-hydrogen) atoms. The summed E-state index contributed by atoms with van der Waals surface area (Å²) in [5.74, 6) is -1.32. The molecule has 0 aliphatic carbocycles. The van der Waals surface area contributed by atoms with Crippen molar-refractivity contribution < 1.29 is 19.1 Å². The smallest absolute Gasteiger partial charge is 0.310 e. The molecule has 0 radical (unpaired) electrons. The van der Waals surface area contributed by atoms with E-state index in [-0.39, 0.29) is 12.3 Å². The Hall–Kier alpha value is -3.16. The maximum absolute atomic E-state index is 12.2. The lowest BCUT2D eigenvalue weighted by molar-refractivity contribution is -0.148. The lowest BCUT2D eigenvalue weighted by atomic mass is 10.1. The number of ether oxygens (including phenoxy) is 1. The SMILES string of the molecule is CCCNC(=O)[C@@H](C)NC(=O)COC(=O)Cc1c(C)nn(-c2ccccc2)c1C. The summed E-state index contributed by atoms with van der Waals surface area (Å²) in [6, 6.07) is 8.94. The number of para-hydroxylation sites is 1. The minimum atomic E-state index is -0.693. The van der Waals surface area contributed by atoms with Crippen LogP contribution in [0.3, 0.4) is 0 Å². The summed E-state index contributed by atoms with van der Waals surface area (Å²) in [5, 5.41) is 9.70. The third-order valence-electron chi connectivity index (χ3n) is 4.45. The van der Waals surface area contributed by atoms with E-state index in [1.54, 1.807) is 11.6 Å². The Morgan fingerprint density at radius 3 is 2.52 bits per heavy atom. The maximum Gasteiger partial charge on any atom is 0.310 e. The van der Waals surface area contributed by atoms with E-state index in [0.717, 1.165) is 29.1 Å². The van der Waals surface area contributed by atoms with Gasteiger partial charge in [0.25, 0.3) is 5.91 Å². The van der Waals surface area contributed by atoms with Crippen LogP contribution in [-0.2, 0) is 25.5 Å². The predicted octanol–water partition coefficient (Wildman–Crippen LogP) is 1.61. The van der Waals surface area contributed by atoms with E-state index in [9.17, 15) is 14.4 Å². The van der Waals surface area contributed by atoms with Crippen LogP contribution in [0, 0.1) is 13.8 Å². The normalized spacial score (nSPS) is 11.6. The van der Waals surface area contributed by atoms with E-state index in [4.69, 9.17) is 4.74 Å². The zero-order valence-electron chi connectivity index (χ0n) is 17.3. The van der Waals surface area contributed by atoms with E-state index in [1.807, 2.05) is 51.1 Å². The number of aromatic nitrogens is 2. The summed E-state index contributed by atoms with van der Waals surface area (Å²) < 4.78 is 6.85. The molecule has 0 spiro atoms. The largest absolute Gasteiger partial charge is 0.455 e. The first kappa shape index (κ1) is 22.1. The highest BCUT2D eigenvalue weighted by molar-refractivity contribution is 5.88. The molecule has 0 aliphatic rings. The standard InChI is InChI=1S/C21H28N4O4/c1-5-11-22-21(28)15(3)23-19(26)13-29-20(27)12-18-14(2)24-25(16(18)4)17-9-7-6-8-10-17/h6-10,15H,5,11-13H2,1-4H3,(H,22,28)(H,23,26)/t15-/m1/s1. The molecule has 0 fully saturated rings. The van der Waals surface area contributed by atoms with E-state index < -0.39 is 24.5 Å². The molecular formula is C21H28N4O4. The van der Waals surface area contributed by atoms with Crippen LogP contribution in [0.4, 0.5) is 0 Å². The first-order valence-electron chi connectivity index (χ1n) is 9.66. The third-order valence-corrected chi connectivity index (χ3v) is 4.45. The van der Waals surface area contributed by atoms with Gasteiger partial charge in [0.2, 0.25) is 5.91 Å². The summed E-state index contributed by atoms with van der Waals surface area (Å²) in [4.78, 5) is 35.9. The Balaban J connectivity index is 1.89. The molecule has 2 rings (SSSR count). The Labute approximate surface area is 170 Å². The van der Waals surface area contributed by atoms with Crippen molar-refractivity contribution in [3.63, 3.8) is 0 Å². The number of nitrogens with one attached hydrogen (secondary N) is 2. The van der Waals surface area contributed by atoms with Gasteiger partial charge in [-0.1, -0.05) is 25.1 Å². The summed E-state index contributed by atoms with van der Waals surface area (Å²) >= 11 is 0. The van der Waals surface area contributed by atoms with Gasteiger partial charge in [0.05, 0.1) is 17.8 Å². The van der Waals surface area contributed by atoms with Crippen LogP contribution in [0.15, 0.2) is 30.3 Å². The van der Waals surface area contributed by atoms with Crippen molar-refractivity contribution in [2.45, 2.75) is 46.6 Å². The molecule has 8 nitrogen and oxygen atoms in total. The third kappa shape index (κ3) is 6.17. The first-order valence-corrected chi connectivity index (χ1v) is 9.66. The molecule has 2 aromatic rings. The molecule has 2 amide bonds. The van der Waals surface area contributed by atoms with Crippen LogP contribution in [0.25, 0.3) is 5.69 Å². The number of nitrogens with zero attached hydrogens (tertiary/aromatic N) is 2. The van der Waals surface area contributed by atoms with Crippen molar-refractivity contribution in [1.82, 2.24) is 20.4 Å². The Kier molecular flexibility index (Phi) is 7.94. The van der Waals surface area contributed by atoms with Crippen LogP contribution in [0.5, 0.6) is 0 Å². The molecule has 8 heteroatoms. The summed E-state index contributed by atoms with van der Waals surface area (Å²) in [5.41, 5.74) is 3.25. The maximum atomic E-state index is 12.2. The number of aryl methyl sites for hydroxylation is 1. The predicted molar refractivity (Wildman–Crippen MR) is 109 cm³/mol. The molecule has 1 aromatic heterocycles. The number of benzene rings is 1. The van der Waals surface area contributed by atoms with Crippen molar-refractivity contribution >= 4 is 17.8 Å². The average molecular weight is 400 g/mol. The zero-order valence-corrected chi connectivity index (χ0v) is 17.3. The van der Waals surface area contributed by atoms with Crippen molar-refractivity contribution in [3.05, 3.63) is 47.3 Å². The number of carbonyl (C=O) groups excluding carboxylic acids is 3. The second-order valence-electron chi connectivity index (χ2n) is 6.81. The lowest BCUT2D eigenvalue weighted by Crippen LogP contribution is -2.46. The molecular weight excluding hydrogens is 372 g/mol. The van der Waals surface area contributed by atoms with Gasteiger partial charge in [0.15, 0.2) is 6.61 Å². The average Bonchev–Trinajstić information content (AvgIpc) is 2.99. The molecule has 156 valence electrons. The topological polar surface area (TPSA) is 102 Å². The molecule has 0 saturated carbocycles. The fraction of sp³-hybridized carbons (Fsp3) is 0.429. The fourth-order valence-corrected chi connectivity index (χ4v) is 2.84. The molecule has 2 N–H and O–H groups in total. The van der Waals surface area contributed by atoms with E-state index in [2.05, 4.69) is 15.7 Å². The Morgan fingerprint density at radius 1 is 1.17 bits per heavy atom. The Bertz CT molecular complexity index is 861. The van der Waals surface area contributed by atoms with Gasteiger partial charge in [-0.05, 0) is 39.3 Å². The summed E-state index contributed by atoms with van der Waals surface area (Å²) in [7, 11) is 0. The second kappa shape index (κ2) is 10.4. The van der Waals surface area contributed by atoms with Crippen LogP contribution in [0.2, 0.25) is 0 Å². The molecule has 1 heterocycles. The molecule has 0 saturated heterocycles. The van der Waals surface area contributed by atoms with Gasteiger partial charge in [0, 0.05) is 17.8 Å². The van der Waals surface area contributed by atoms with E-state index in [1.165, 1.54) is 0 Å². The highest BCUT2D eigenvalue weighted by Crippen LogP contribution is 2.18. The van der Waals surface area contributed by atoms with Crippen LogP contribution in [0.1, 0.15) is 37.2 Å². The van der Waals surface area contributed by atoms with Crippen molar-refractivity contribution in [2.24, 2.45) is 0 Å². The van der Waals surface area contributed by atoms with Crippen LogP contribution in [-0.4, -0.2) is 46.8 Å². The Morgan fingerprint density at radius 2 is 1.86 bits per heavy atom. The fourth-order valence-electron chi connectivity index (χ4n) is 2.84.